The minimum Gasteiger partial charge on any atom is -0.497 e. The number of nitrogens with zero attached hydrogens (tertiary/aromatic N) is 3. The van der Waals surface area contributed by atoms with Gasteiger partial charge in [-0.05, 0) is 30.3 Å². The first kappa shape index (κ1) is 20.0. The molecular formula is C21H24N4O5. The SMILES string of the molecule is COc1ccc(N2CCN(CC[C@@H]3Oc4cc([N+](=O)[O-])ccc4NC3=O)CC2)cc1. The van der Waals surface area contributed by atoms with Crippen LogP contribution in [0.2, 0.25) is 0 Å². The highest BCUT2D eigenvalue weighted by molar-refractivity contribution is 5.97. The van der Waals surface area contributed by atoms with E-state index in [1.165, 1.54) is 23.9 Å². The molecule has 0 bridgehead atoms. The van der Waals surface area contributed by atoms with E-state index >= 15 is 0 Å². The summed E-state index contributed by atoms with van der Waals surface area (Å²) in [5.74, 6) is 0.974. The number of rotatable bonds is 6. The van der Waals surface area contributed by atoms with E-state index in [1.807, 2.05) is 12.1 Å². The van der Waals surface area contributed by atoms with Gasteiger partial charge in [-0.15, -0.1) is 0 Å². The maximum Gasteiger partial charge on any atom is 0.273 e. The number of methoxy groups -OCH3 is 1. The molecule has 0 aromatic heterocycles. The zero-order valence-electron chi connectivity index (χ0n) is 16.7. The highest BCUT2D eigenvalue weighted by Gasteiger charge is 2.29. The molecule has 0 aliphatic carbocycles. The van der Waals surface area contributed by atoms with Crippen molar-refractivity contribution in [1.82, 2.24) is 4.90 Å². The van der Waals surface area contributed by atoms with Gasteiger partial charge in [0.25, 0.3) is 11.6 Å². The number of nitrogens with one attached hydrogen (secondary N) is 1. The van der Waals surface area contributed by atoms with E-state index in [9.17, 15) is 14.9 Å². The number of anilines is 2. The summed E-state index contributed by atoms with van der Waals surface area (Å²) in [6.07, 6.45) is -0.129. The molecule has 2 aliphatic heterocycles. The van der Waals surface area contributed by atoms with Gasteiger partial charge in [-0.25, -0.2) is 0 Å². The Balaban J connectivity index is 1.29. The van der Waals surface area contributed by atoms with E-state index in [-0.39, 0.29) is 11.6 Å². The summed E-state index contributed by atoms with van der Waals surface area (Å²) >= 11 is 0. The molecule has 1 fully saturated rings. The minimum absolute atomic E-state index is 0.0571. The number of amides is 1. The summed E-state index contributed by atoms with van der Waals surface area (Å²) < 4.78 is 11.0. The van der Waals surface area contributed by atoms with E-state index in [2.05, 4.69) is 27.2 Å². The number of hydrogen-bond acceptors (Lipinski definition) is 7. The normalized spacial score (nSPS) is 18.9. The predicted octanol–water partition coefficient (Wildman–Crippen LogP) is 2.52. The molecule has 0 radical (unpaired) electrons. The van der Waals surface area contributed by atoms with Gasteiger partial charge in [-0.3, -0.25) is 19.8 Å². The Bertz CT molecular complexity index is 925. The van der Waals surface area contributed by atoms with Crippen molar-refractivity contribution in [1.29, 1.82) is 0 Å². The van der Waals surface area contributed by atoms with Gasteiger partial charge in [-0.2, -0.15) is 0 Å². The maximum atomic E-state index is 12.3. The highest BCUT2D eigenvalue weighted by Crippen LogP contribution is 2.33. The molecule has 2 aromatic carbocycles. The van der Waals surface area contributed by atoms with Crippen molar-refractivity contribution in [3.63, 3.8) is 0 Å². The summed E-state index contributed by atoms with van der Waals surface area (Å²) in [5.41, 5.74) is 1.58. The van der Waals surface area contributed by atoms with Crippen LogP contribution in [0.25, 0.3) is 0 Å². The van der Waals surface area contributed by atoms with Gasteiger partial charge in [0.05, 0.1) is 23.8 Å². The molecule has 30 heavy (non-hydrogen) atoms. The van der Waals surface area contributed by atoms with Gasteiger partial charge in [0, 0.05) is 50.9 Å². The molecule has 0 unspecified atom stereocenters. The van der Waals surface area contributed by atoms with Gasteiger partial charge in [0.1, 0.15) is 5.75 Å². The number of carbonyl (C=O) groups is 1. The van der Waals surface area contributed by atoms with Gasteiger partial charge in [-0.1, -0.05) is 0 Å². The average molecular weight is 412 g/mol. The Morgan fingerprint density at radius 1 is 1.17 bits per heavy atom. The zero-order valence-corrected chi connectivity index (χ0v) is 16.7. The fourth-order valence-corrected chi connectivity index (χ4v) is 3.76. The van der Waals surface area contributed by atoms with E-state index in [4.69, 9.17) is 9.47 Å². The number of benzene rings is 2. The molecule has 9 nitrogen and oxygen atoms in total. The number of piperazine rings is 1. The third-order valence-corrected chi connectivity index (χ3v) is 5.51. The van der Waals surface area contributed by atoms with Crippen LogP contribution in [0.1, 0.15) is 6.42 Å². The summed E-state index contributed by atoms with van der Waals surface area (Å²) in [7, 11) is 1.66. The fourth-order valence-electron chi connectivity index (χ4n) is 3.76. The van der Waals surface area contributed by atoms with Crippen molar-refractivity contribution in [2.75, 3.05) is 50.1 Å². The number of nitro groups is 1. The number of nitro benzene ring substituents is 1. The lowest BCUT2D eigenvalue weighted by Crippen LogP contribution is -2.48. The zero-order chi connectivity index (χ0) is 21.1. The Morgan fingerprint density at radius 2 is 1.90 bits per heavy atom. The van der Waals surface area contributed by atoms with E-state index < -0.39 is 11.0 Å². The quantitative estimate of drug-likeness (QED) is 0.575. The van der Waals surface area contributed by atoms with Gasteiger partial charge in [0.2, 0.25) is 0 Å². The van der Waals surface area contributed by atoms with Crippen molar-refractivity contribution in [3.8, 4) is 11.5 Å². The number of fused-ring (bicyclic) bond motifs is 1. The van der Waals surface area contributed by atoms with E-state index in [0.717, 1.165) is 38.5 Å². The minimum atomic E-state index is -0.654. The Labute approximate surface area is 174 Å². The number of non-ortho nitro benzene ring substituents is 1. The first-order chi connectivity index (χ1) is 14.5. The van der Waals surface area contributed by atoms with Gasteiger partial charge in [0.15, 0.2) is 11.9 Å². The third-order valence-electron chi connectivity index (χ3n) is 5.51. The maximum absolute atomic E-state index is 12.3. The molecule has 9 heteroatoms. The van der Waals surface area contributed by atoms with Crippen LogP contribution in [0.5, 0.6) is 11.5 Å². The Kier molecular flexibility index (Phi) is 5.71. The van der Waals surface area contributed by atoms with E-state index in [0.29, 0.717) is 17.9 Å². The summed E-state index contributed by atoms with van der Waals surface area (Å²) in [6, 6.07) is 12.3. The summed E-state index contributed by atoms with van der Waals surface area (Å²) in [4.78, 5) is 27.5. The average Bonchev–Trinajstić information content (AvgIpc) is 2.77. The molecule has 0 saturated carbocycles. The van der Waals surface area contributed by atoms with Crippen LogP contribution >= 0.6 is 0 Å². The molecule has 2 aromatic rings. The fraction of sp³-hybridized carbons (Fsp3) is 0.381. The van der Waals surface area contributed by atoms with Crippen molar-refractivity contribution in [3.05, 3.63) is 52.6 Å². The lowest BCUT2D eigenvalue weighted by atomic mass is 10.1. The molecule has 1 atom stereocenters. The number of carbonyl (C=O) groups excluding carboxylic acids is 1. The van der Waals surface area contributed by atoms with Crippen molar-refractivity contribution in [2.24, 2.45) is 0 Å². The predicted molar refractivity (Wildman–Crippen MR) is 112 cm³/mol. The summed E-state index contributed by atoms with van der Waals surface area (Å²) in [5, 5.41) is 13.7. The number of hydrogen-bond donors (Lipinski definition) is 1. The molecule has 2 heterocycles. The second-order valence-corrected chi connectivity index (χ2v) is 7.35. The van der Waals surface area contributed by atoms with Crippen LogP contribution in [-0.2, 0) is 4.79 Å². The monoisotopic (exact) mass is 412 g/mol. The second kappa shape index (κ2) is 8.58. The Hall–Kier alpha value is -3.33. The molecular weight excluding hydrogens is 388 g/mol. The van der Waals surface area contributed by atoms with Gasteiger partial charge >= 0.3 is 0 Å². The topological polar surface area (TPSA) is 97.2 Å². The molecule has 1 N–H and O–H groups in total. The van der Waals surface area contributed by atoms with Crippen LogP contribution < -0.4 is 19.7 Å². The molecule has 1 amide bonds. The van der Waals surface area contributed by atoms with Crippen LogP contribution in [0.15, 0.2) is 42.5 Å². The first-order valence-electron chi connectivity index (χ1n) is 9.91. The number of ether oxygens (including phenoxy) is 2. The molecule has 0 spiro atoms. The molecule has 158 valence electrons. The van der Waals surface area contributed by atoms with Crippen LogP contribution in [0.4, 0.5) is 17.1 Å². The molecule has 4 rings (SSSR count). The van der Waals surface area contributed by atoms with Crippen molar-refractivity contribution >= 4 is 23.0 Å². The second-order valence-electron chi connectivity index (χ2n) is 7.35. The highest BCUT2D eigenvalue weighted by atomic mass is 16.6. The molecule has 1 saturated heterocycles. The lowest BCUT2D eigenvalue weighted by Gasteiger charge is -2.36. The smallest absolute Gasteiger partial charge is 0.273 e. The van der Waals surface area contributed by atoms with Crippen molar-refractivity contribution in [2.45, 2.75) is 12.5 Å². The lowest BCUT2D eigenvalue weighted by molar-refractivity contribution is -0.384. The standard InChI is InChI=1S/C21H24N4O5/c1-29-17-5-2-15(3-6-17)24-12-10-23(11-13-24)9-8-19-21(26)22-18-7-4-16(25(27)28)14-20(18)30-19/h2-7,14,19H,8-13H2,1H3,(H,22,26)/t19-/m0/s1. The van der Waals surface area contributed by atoms with Crippen molar-refractivity contribution < 1.29 is 19.2 Å². The Morgan fingerprint density at radius 3 is 2.57 bits per heavy atom. The van der Waals surface area contributed by atoms with Crippen LogP contribution in [0, 0.1) is 10.1 Å². The van der Waals surface area contributed by atoms with Gasteiger partial charge < -0.3 is 19.7 Å². The first-order valence-corrected chi connectivity index (χ1v) is 9.91. The van der Waals surface area contributed by atoms with Crippen LogP contribution in [0.3, 0.4) is 0 Å². The third kappa shape index (κ3) is 4.30. The molecule has 2 aliphatic rings. The van der Waals surface area contributed by atoms with Crippen LogP contribution in [-0.4, -0.2) is 61.7 Å². The largest absolute Gasteiger partial charge is 0.497 e. The van der Waals surface area contributed by atoms with E-state index in [1.54, 1.807) is 7.11 Å². The summed E-state index contributed by atoms with van der Waals surface area (Å²) in [6.45, 7) is 4.31.